The van der Waals surface area contributed by atoms with Gasteiger partial charge in [-0.15, -0.1) is 0 Å². The molecule has 2 rings (SSSR count). The first-order valence-electron chi connectivity index (χ1n) is 5.78. The number of pyridine rings is 1. The molecule has 4 nitrogen and oxygen atoms in total. The zero-order chi connectivity index (χ0) is 13.0. The van der Waals surface area contributed by atoms with Crippen molar-refractivity contribution in [2.75, 3.05) is 5.32 Å². The second kappa shape index (κ2) is 5.51. The third-order valence-corrected chi connectivity index (χ3v) is 2.69. The largest absolute Gasteiger partial charge is 0.506 e. The first-order chi connectivity index (χ1) is 8.69. The SMILES string of the molecule is Cc1ccc(O)c(CNc2ccc(CO)cc2)n1. The quantitative estimate of drug-likeness (QED) is 0.771. The Hall–Kier alpha value is -2.07. The molecule has 0 atom stereocenters. The molecule has 0 bridgehead atoms. The van der Waals surface area contributed by atoms with Crippen LogP contribution in [0.5, 0.6) is 5.75 Å². The number of aromatic hydroxyl groups is 1. The molecule has 18 heavy (non-hydrogen) atoms. The number of aromatic nitrogens is 1. The zero-order valence-corrected chi connectivity index (χ0v) is 10.2. The maximum absolute atomic E-state index is 9.66. The second-order valence-corrected chi connectivity index (χ2v) is 4.13. The molecule has 0 radical (unpaired) electrons. The highest BCUT2D eigenvalue weighted by Crippen LogP contribution is 2.17. The van der Waals surface area contributed by atoms with Crippen LogP contribution < -0.4 is 5.32 Å². The number of aliphatic hydroxyl groups is 1. The monoisotopic (exact) mass is 244 g/mol. The van der Waals surface area contributed by atoms with Crippen molar-refractivity contribution in [2.45, 2.75) is 20.1 Å². The molecule has 3 N–H and O–H groups in total. The topological polar surface area (TPSA) is 65.4 Å². The normalized spacial score (nSPS) is 10.3. The van der Waals surface area contributed by atoms with Gasteiger partial charge in [-0.05, 0) is 36.8 Å². The number of anilines is 1. The van der Waals surface area contributed by atoms with Gasteiger partial charge in [-0.25, -0.2) is 0 Å². The van der Waals surface area contributed by atoms with Gasteiger partial charge in [-0.3, -0.25) is 4.98 Å². The fourth-order valence-corrected chi connectivity index (χ4v) is 1.65. The number of rotatable bonds is 4. The van der Waals surface area contributed by atoms with Gasteiger partial charge < -0.3 is 15.5 Å². The van der Waals surface area contributed by atoms with Gasteiger partial charge in [0.15, 0.2) is 0 Å². The van der Waals surface area contributed by atoms with Crippen LogP contribution >= 0.6 is 0 Å². The average Bonchev–Trinajstić information content (AvgIpc) is 2.40. The summed E-state index contributed by atoms with van der Waals surface area (Å²) in [5.74, 6) is 0.195. The molecular formula is C14H16N2O2. The van der Waals surface area contributed by atoms with E-state index in [1.165, 1.54) is 0 Å². The minimum Gasteiger partial charge on any atom is -0.506 e. The van der Waals surface area contributed by atoms with E-state index in [9.17, 15) is 5.11 Å². The molecule has 0 amide bonds. The van der Waals surface area contributed by atoms with E-state index in [2.05, 4.69) is 10.3 Å². The van der Waals surface area contributed by atoms with E-state index < -0.39 is 0 Å². The average molecular weight is 244 g/mol. The summed E-state index contributed by atoms with van der Waals surface area (Å²) in [6.07, 6.45) is 0. The van der Waals surface area contributed by atoms with E-state index in [0.717, 1.165) is 16.9 Å². The van der Waals surface area contributed by atoms with Crippen molar-refractivity contribution in [3.8, 4) is 5.75 Å². The Balaban J connectivity index is 2.04. The Bertz CT molecular complexity index is 524. The fraction of sp³-hybridized carbons (Fsp3) is 0.214. The number of hydrogen-bond acceptors (Lipinski definition) is 4. The van der Waals surface area contributed by atoms with Crippen molar-refractivity contribution in [3.05, 3.63) is 53.3 Å². The fourth-order valence-electron chi connectivity index (χ4n) is 1.65. The van der Waals surface area contributed by atoms with E-state index in [1.807, 2.05) is 31.2 Å². The van der Waals surface area contributed by atoms with Crippen LogP contribution in [0.2, 0.25) is 0 Å². The van der Waals surface area contributed by atoms with E-state index in [-0.39, 0.29) is 12.4 Å². The number of nitrogens with one attached hydrogen (secondary N) is 1. The third-order valence-electron chi connectivity index (χ3n) is 2.69. The van der Waals surface area contributed by atoms with Crippen LogP contribution in [-0.2, 0) is 13.2 Å². The molecule has 1 heterocycles. The highest BCUT2D eigenvalue weighted by Gasteiger charge is 2.03. The molecule has 0 spiro atoms. The Morgan fingerprint density at radius 3 is 2.50 bits per heavy atom. The first-order valence-corrected chi connectivity index (χ1v) is 5.78. The van der Waals surface area contributed by atoms with E-state index in [0.29, 0.717) is 12.2 Å². The zero-order valence-electron chi connectivity index (χ0n) is 10.2. The lowest BCUT2D eigenvalue weighted by atomic mass is 10.2. The molecule has 0 unspecified atom stereocenters. The second-order valence-electron chi connectivity index (χ2n) is 4.13. The van der Waals surface area contributed by atoms with Crippen LogP contribution in [0.15, 0.2) is 36.4 Å². The minimum atomic E-state index is 0.0422. The maximum Gasteiger partial charge on any atom is 0.138 e. The number of aryl methyl sites for hydroxylation is 1. The van der Waals surface area contributed by atoms with E-state index in [4.69, 9.17) is 5.11 Å². The summed E-state index contributed by atoms with van der Waals surface area (Å²) in [5.41, 5.74) is 3.30. The highest BCUT2D eigenvalue weighted by molar-refractivity contribution is 5.45. The molecule has 0 fully saturated rings. The molecule has 1 aromatic carbocycles. The standard InChI is InChI=1S/C14H16N2O2/c1-10-2-7-14(18)13(16-10)8-15-12-5-3-11(9-17)4-6-12/h2-7,15,17-18H,8-9H2,1H3. The molecule has 2 aromatic rings. The molecule has 0 aliphatic carbocycles. The van der Waals surface area contributed by atoms with Crippen LogP contribution in [-0.4, -0.2) is 15.2 Å². The predicted molar refractivity (Wildman–Crippen MR) is 70.3 cm³/mol. The number of hydrogen-bond donors (Lipinski definition) is 3. The van der Waals surface area contributed by atoms with E-state index in [1.54, 1.807) is 12.1 Å². The number of benzene rings is 1. The van der Waals surface area contributed by atoms with Crippen molar-refractivity contribution in [1.29, 1.82) is 0 Å². The summed E-state index contributed by atoms with van der Waals surface area (Å²) in [6.45, 7) is 2.39. The third kappa shape index (κ3) is 2.99. The van der Waals surface area contributed by atoms with E-state index >= 15 is 0 Å². The first kappa shape index (κ1) is 12.4. The van der Waals surface area contributed by atoms with Gasteiger partial charge in [0.25, 0.3) is 0 Å². The van der Waals surface area contributed by atoms with Crippen LogP contribution in [0.25, 0.3) is 0 Å². The van der Waals surface area contributed by atoms with Gasteiger partial charge in [-0.2, -0.15) is 0 Å². The Kier molecular flexibility index (Phi) is 3.79. The summed E-state index contributed by atoms with van der Waals surface area (Å²) in [7, 11) is 0. The predicted octanol–water partition coefficient (Wildman–Crippen LogP) is 2.20. The molecule has 0 aliphatic rings. The lowest BCUT2D eigenvalue weighted by Gasteiger charge is -2.08. The lowest BCUT2D eigenvalue weighted by Crippen LogP contribution is -2.02. The van der Waals surface area contributed by atoms with Crippen molar-refractivity contribution in [3.63, 3.8) is 0 Å². The Morgan fingerprint density at radius 1 is 1.11 bits per heavy atom. The van der Waals surface area contributed by atoms with Gasteiger partial charge in [0, 0.05) is 11.4 Å². The molecule has 0 saturated heterocycles. The number of nitrogens with zero attached hydrogens (tertiary/aromatic N) is 1. The van der Waals surface area contributed by atoms with Gasteiger partial charge in [0.2, 0.25) is 0 Å². The van der Waals surface area contributed by atoms with Crippen LogP contribution in [0.1, 0.15) is 17.0 Å². The summed E-state index contributed by atoms with van der Waals surface area (Å²) in [4.78, 5) is 4.27. The molecule has 0 saturated carbocycles. The summed E-state index contributed by atoms with van der Waals surface area (Å²) >= 11 is 0. The molecule has 1 aromatic heterocycles. The van der Waals surface area contributed by atoms with Crippen LogP contribution in [0, 0.1) is 6.92 Å². The Labute approximate surface area is 106 Å². The van der Waals surface area contributed by atoms with Gasteiger partial charge >= 0.3 is 0 Å². The highest BCUT2D eigenvalue weighted by atomic mass is 16.3. The van der Waals surface area contributed by atoms with Crippen LogP contribution in [0.3, 0.4) is 0 Å². The molecule has 94 valence electrons. The van der Waals surface area contributed by atoms with Gasteiger partial charge in [0.05, 0.1) is 13.2 Å². The van der Waals surface area contributed by atoms with Gasteiger partial charge in [0.1, 0.15) is 11.4 Å². The molecular weight excluding hydrogens is 228 g/mol. The van der Waals surface area contributed by atoms with Gasteiger partial charge in [-0.1, -0.05) is 12.1 Å². The van der Waals surface area contributed by atoms with Crippen molar-refractivity contribution in [1.82, 2.24) is 4.98 Å². The summed E-state index contributed by atoms with van der Waals surface area (Å²) in [5, 5.41) is 21.8. The number of aliphatic hydroxyl groups excluding tert-OH is 1. The maximum atomic E-state index is 9.66. The summed E-state index contributed by atoms with van der Waals surface area (Å²) in [6, 6.07) is 10.9. The lowest BCUT2D eigenvalue weighted by molar-refractivity contribution is 0.282. The summed E-state index contributed by atoms with van der Waals surface area (Å²) < 4.78 is 0. The van der Waals surface area contributed by atoms with Crippen molar-refractivity contribution >= 4 is 5.69 Å². The van der Waals surface area contributed by atoms with Crippen molar-refractivity contribution in [2.24, 2.45) is 0 Å². The smallest absolute Gasteiger partial charge is 0.138 e. The molecule has 0 aliphatic heterocycles. The van der Waals surface area contributed by atoms with Crippen molar-refractivity contribution < 1.29 is 10.2 Å². The molecule has 4 heteroatoms. The minimum absolute atomic E-state index is 0.0422. The van der Waals surface area contributed by atoms with Crippen LogP contribution in [0.4, 0.5) is 5.69 Å². The Morgan fingerprint density at radius 2 is 1.83 bits per heavy atom.